The van der Waals surface area contributed by atoms with Gasteiger partial charge in [-0.15, -0.1) is 0 Å². The molecule has 1 amide bonds. The molecule has 1 aliphatic rings. The molecule has 2 aromatic carbocycles. The van der Waals surface area contributed by atoms with Crippen molar-refractivity contribution in [2.45, 2.75) is 23.8 Å². The van der Waals surface area contributed by atoms with Gasteiger partial charge in [-0.1, -0.05) is 23.2 Å². The maximum absolute atomic E-state index is 12.7. The number of hydrogen-bond donors (Lipinski definition) is 2. The van der Waals surface area contributed by atoms with Crippen LogP contribution in [0, 0.1) is 0 Å². The summed E-state index contributed by atoms with van der Waals surface area (Å²) in [6.45, 7) is 1.08. The minimum Gasteiger partial charge on any atom is -0.376 e. The summed E-state index contributed by atoms with van der Waals surface area (Å²) in [6.07, 6.45) is 1.86. The van der Waals surface area contributed by atoms with E-state index in [1.54, 1.807) is 12.1 Å². The number of carbonyl (C=O) groups is 1. The van der Waals surface area contributed by atoms with Crippen LogP contribution in [0.3, 0.4) is 0 Å². The Balaban J connectivity index is 1.77. The highest BCUT2D eigenvalue weighted by atomic mass is 35.5. The molecule has 1 heterocycles. The molecule has 144 valence electrons. The molecule has 1 saturated heterocycles. The van der Waals surface area contributed by atoms with Gasteiger partial charge in [0.05, 0.1) is 11.1 Å². The molecule has 0 aromatic heterocycles. The fourth-order valence-corrected chi connectivity index (χ4v) is 4.40. The third kappa shape index (κ3) is 5.13. The molecule has 3 rings (SSSR count). The molecule has 0 spiro atoms. The first-order valence-electron chi connectivity index (χ1n) is 8.33. The van der Waals surface area contributed by atoms with Crippen molar-refractivity contribution in [2.24, 2.45) is 0 Å². The lowest BCUT2D eigenvalue weighted by Crippen LogP contribution is -2.31. The molecular weight excluding hydrogens is 411 g/mol. The lowest BCUT2D eigenvalue weighted by atomic mass is 10.2. The molecule has 0 aliphatic carbocycles. The SMILES string of the molecule is O=C(NCC1CCCO1)c1ccc(Cl)c(S(=O)(=O)Nc2ccc(Cl)cc2)c1. The summed E-state index contributed by atoms with van der Waals surface area (Å²) in [5.41, 5.74) is 0.539. The molecule has 9 heteroatoms. The number of sulfonamides is 1. The summed E-state index contributed by atoms with van der Waals surface area (Å²) in [5, 5.41) is 3.27. The van der Waals surface area contributed by atoms with E-state index in [1.165, 1.54) is 30.3 Å². The van der Waals surface area contributed by atoms with Crippen molar-refractivity contribution in [3.8, 4) is 0 Å². The number of ether oxygens (including phenoxy) is 1. The summed E-state index contributed by atoms with van der Waals surface area (Å²) >= 11 is 11.9. The highest BCUT2D eigenvalue weighted by molar-refractivity contribution is 7.92. The van der Waals surface area contributed by atoms with Crippen LogP contribution in [-0.2, 0) is 14.8 Å². The van der Waals surface area contributed by atoms with Gasteiger partial charge in [0.25, 0.3) is 15.9 Å². The van der Waals surface area contributed by atoms with Gasteiger partial charge in [0, 0.05) is 29.4 Å². The molecule has 1 atom stereocenters. The van der Waals surface area contributed by atoms with E-state index >= 15 is 0 Å². The van der Waals surface area contributed by atoms with E-state index in [0.29, 0.717) is 23.9 Å². The van der Waals surface area contributed by atoms with Gasteiger partial charge in [-0.2, -0.15) is 0 Å². The number of halogens is 2. The second-order valence-electron chi connectivity index (χ2n) is 6.10. The van der Waals surface area contributed by atoms with Gasteiger partial charge in [-0.05, 0) is 55.3 Å². The predicted octanol–water partition coefficient (Wildman–Crippen LogP) is 3.70. The van der Waals surface area contributed by atoms with E-state index in [4.69, 9.17) is 27.9 Å². The molecule has 2 aromatic rings. The normalized spacial score (nSPS) is 16.9. The smallest absolute Gasteiger partial charge is 0.263 e. The van der Waals surface area contributed by atoms with Crippen LogP contribution in [0.5, 0.6) is 0 Å². The fourth-order valence-electron chi connectivity index (χ4n) is 2.69. The molecule has 1 aliphatic heterocycles. The summed E-state index contributed by atoms with van der Waals surface area (Å²) in [7, 11) is -3.97. The van der Waals surface area contributed by atoms with Crippen molar-refractivity contribution < 1.29 is 17.9 Å². The summed E-state index contributed by atoms with van der Waals surface area (Å²) < 4.78 is 33.2. The highest BCUT2D eigenvalue weighted by Crippen LogP contribution is 2.25. The van der Waals surface area contributed by atoms with Crippen molar-refractivity contribution in [2.75, 3.05) is 17.9 Å². The zero-order chi connectivity index (χ0) is 19.4. The Labute approximate surface area is 167 Å². The standard InChI is InChI=1S/C18H18Cl2N2O4S/c19-13-4-6-14(7-5-13)22-27(24,25)17-10-12(3-8-16(17)20)18(23)21-11-15-2-1-9-26-15/h3-8,10,15,22H,1-2,9,11H2,(H,21,23). The second-order valence-corrected chi connectivity index (χ2v) is 8.60. The molecule has 0 bridgehead atoms. The number of hydrogen-bond acceptors (Lipinski definition) is 4. The number of nitrogens with one attached hydrogen (secondary N) is 2. The van der Waals surface area contributed by atoms with E-state index in [9.17, 15) is 13.2 Å². The third-order valence-electron chi connectivity index (χ3n) is 4.09. The Kier molecular flexibility index (Phi) is 6.26. The second kappa shape index (κ2) is 8.48. The molecule has 27 heavy (non-hydrogen) atoms. The molecular formula is C18H18Cl2N2O4S. The number of rotatable bonds is 6. The number of anilines is 1. The van der Waals surface area contributed by atoms with Gasteiger partial charge in [-0.3, -0.25) is 9.52 Å². The van der Waals surface area contributed by atoms with Crippen molar-refractivity contribution >= 4 is 44.8 Å². The van der Waals surface area contributed by atoms with Crippen LogP contribution in [-0.4, -0.2) is 33.6 Å². The largest absolute Gasteiger partial charge is 0.376 e. The average Bonchev–Trinajstić information content (AvgIpc) is 3.15. The lowest BCUT2D eigenvalue weighted by molar-refractivity contribution is 0.0857. The van der Waals surface area contributed by atoms with Gasteiger partial charge in [-0.25, -0.2) is 8.42 Å². The first kappa shape index (κ1) is 19.9. The van der Waals surface area contributed by atoms with Crippen LogP contribution < -0.4 is 10.0 Å². The van der Waals surface area contributed by atoms with E-state index in [2.05, 4.69) is 10.0 Å². The van der Waals surface area contributed by atoms with E-state index in [-0.39, 0.29) is 27.5 Å². The van der Waals surface area contributed by atoms with E-state index in [1.807, 2.05) is 0 Å². The maximum atomic E-state index is 12.7. The highest BCUT2D eigenvalue weighted by Gasteiger charge is 2.21. The van der Waals surface area contributed by atoms with Crippen LogP contribution in [0.15, 0.2) is 47.4 Å². The van der Waals surface area contributed by atoms with Gasteiger partial charge in [0.1, 0.15) is 4.90 Å². The summed E-state index contributed by atoms with van der Waals surface area (Å²) in [5.74, 6) is -0.384. The predicted molar refractivity (Wildman–Crippen MR) is 105 cm³/mol. The maximum Gasteiger partial charge on any atom is 0.263 e. The fraction of sp³-hybridized carbons (Fsp3) is 0.278. The number of amides is 1. The summed E-state index contributed by atoms with van der Waals surface area (Å²) in [6, 6.07) is 10.3. The monoisotopic (exact) mass is 428 g/mol. The molecule has 0 saturated carbocycles. The van der Waals surface area contributed by atoms with E-state index in [0.717, 1.165) is 12.8 Å². The topological polar surface area (TPSA) is 84.5 Å². The molecule has 1 fully saturated rings. The molecule has 0 radical (unpaired) electrons. The summed E-state index contributed by atoms with van der Waals surface area (Å²) in [4.78, 5) is 12.2. The molecule has 6 nitrogen and oxygen atoms in total. The van der Waals surface area contributed by atoms with Crippen LogP contribution in [0.1, 0.15) is 23.2 Å². The number of benzene rings is 2. The Morgan fingerprint density at radius 3 is 2.56 bits per heavy atom. The first-order chi connectivity index (χ1) is 12.8. The van der Waals surface area contributed by atoms with Crippen molar-refractivity contribution in [3.05, 3.63) is 58.1 Å². The lowest BCUT2D eigenvalue weighted by Gasteiger charge is -2.13. The Hall–Kier alpha value is -1.80. The Morgan fingerprint density at radius 1 is 1.15 bits per heavy atom. The zero-order valence-corrected chi connectivity index (χ0v) is 16.6. The van der Waals surface area contributed by atoms with Crippen molar-refractivity contribution in [1.82, 2.24) is 5.32 Å². The quantitative estimate of drug-likeness (QED) is 0.734. The van der Waals surface area contributed by atoms with Crippen LogP contribution in [0.25, 0.3) is 0 Å². The van der Waals surface area contributed by atoms with Crippen LogP contribution in [0.4, 0.5) is 5.69 Å². The average molecular weight is 429 g/mol. The molecule has 1 unspecified atom stereocenters. The third-order valence-corrected chi connectivity index (χ3v) is 6.21. The van der Waals surface area contributed by atoms with E-state index < -0.39 is 10.0 Å². The van der Waals surface area contributed by atoms with Crippen molar-refractivity contribution in [1.29, 1.82) is 0 Å². The van der Waals surface area contributed by atoms with Gasteiger partial charge in [0.15, 0.2) is 0 Å². The van der Waals surface area contributed by atoms with Gasteiger partial charge >= 0.3 is 0 Å². The van der Waals surface area contributed by atoms with Gasteiger partial charge in [0.2, 0.25) is 0 Å². The Morgan fingerprint density at radius 2 is 1.89 bits per heavy atom. The van der Waals surface area contributed by atoms with Gasteiger partial charge < -0.3 is 10.1 Å². The zero-order valence-electron chi connectivity index (χ0n) is 14.2. The molecule has 2 N–H and O–H groups in total. The Bertz CT molecular complexity index is 927. The minimum atomic E-state index is -3.97. The van der Waals surface area contributed by atoms with Crippen molar-refractivity contribution in [3.63, 3.8) is 0 Å². The van der Waals surface area contributed by atoms with Crippen LogP contribution >= 0.6 is 23.2 Å². The van der Waals surface area contributed by atoms with Crippen LogP contribution in [0.2, 0.25) is 10.0 Å². The minimum absolute atomic E-state index is 0.00368. The number of carbonyl (C=O) groups excluding carboxylic acids is 1. The first-order valence-corrected chi connectivity index (χ1v) is 10.6.